The van der Waals surface area contributed by atoms with Crippen LogP contribution in [0.5, 0.6) is 0 Å². The maximum atomic E-state index is 12.2. The van der Waals surface area contributed by atoms with Gasteiger partial charge in [0.1, 0.15) is 5.41 Å². The minimum Gasteiger partial charge on any atom is -0.480 e. The van der Waals surface area contributed by atoms with E-state index in [-0.39, 0.29) is 5.91 Å². The van der Waals surface area contributed by atoms with Crippen molar-refractivity contribution in [1.82, 2.24) is 0 Å². The lowest BCUT2D eigenvalue weighted by atomic mass is 9.92. The Bertz CT molecular complexity index is 479. The number of anilines is 1. The summed E-state index contributed by atoms with van der Waals surface area (Å²) in [6.07, 6.45) is 0.789. The number of carboxylic acids is 1. The van der Waals surface area contributed by atoms with Gasteiger partial charge in [0.15, 0.2) is 0 Å². The minimum absolute atomic E-state index is 0.352. The van der Waals surface area contributed by atoms with E-state index < -0.39 is 11.4 Å². The highest BCUT2D eigenvalue weighted by atomic mass is 16.4. The number of benzene rings is 1. The molecule has 0 bridgehead atoms. The molecule has 17 heavy (non-hydrogen) atoms. The van der Waals surface area contributed by atoms with E-state index in [1.807, 2.05) is 24.3 Å². The smallest absolute Gasteiger partial charge is 0.318 e. The average molecular weight is 233 g/mol. The van der Waals surface area contributed by atoms with E-state index in [1.54, 1.807) is 4.90 Å². The van der Waals surface area contributed by atoms with Gasteiger partial charge in [0.2, 0.25) is 5.91 Å². The number of rotatable bonds is 2. The van der Waals surface area contributed by atoms with E-state index in [1.165, 1.54) is 13.8 Å². The van der Waals surface area contributed by atoms with Crippen molar-refractivity contribution in [3.05, 3.63) is 29.8 Å². The molecule has 1 aromatic carbocycles. The Kier molecular flexibility index (Phi) is 2.65. The largest absolute Gasteiger partial charge is 0.480 e. The molecule has 1 aromatic rings. The van der Waals surface area contributed by atoms with Gasteiger partial charge in [-0.15, -0.1) is 0 Å². The maximum absolute atomic E-state index is 12.2. The highest BCUT2D eigenvalue weighted by molar-refractivity contribution is 6.09. The number of nitrogens with zero attached hydrogens (tertiary/aromatic N) is 1. The highest BCUT2D eigenvalue weighted by Crippen LogP contribution is 2.31. The molecule has 1 amide bonds. The fraction of sp³-hybridized carbons (Fsp3) is 0.385. The topological polar surface area (TPSA) is 57.6 Å². The highest BCUT2D eigenvalue weighted by Gasteiger charge is 2.41. The van der Waals surface area contributed by atoms with Crippen LogP contribution >= 0.6 is 0 Å². The van der Waals surface area contributed by atoms with Crippen molar-refractivity contribution < 1.29 is 14.7 Å². The van der Waals surface area contributed by atoms with Crippen LogP contribution in [0.2, 0.25) is 0 Å². The first-order valence-corrected chi connectivity index (χ1v) is 5.58. The Morgan fingerprint density at radius 1 is 1.29 bits per heavy atom. The van der Waals surface area contributed by atoms with E-state index in [4.69, 9.17) is 5.11 Å². The molecule has 1 aliphatic rings. The van der Waals surface area contributed by atoms with Gasteiger partial charge in [-0.1, -0.05) is 18.2 Å². The summed E-state index contributed by atoms with van der Waals surface area (Å²) in [4.78, 5) is 24.9. The van der Waals surface area contributed by atoms with Gasteiger partial charge in [0, 0.05) is 12.2 Å². The molecule has 0 aliphatic carbocycles. The Labute approximate surface area is 99.9 Å². The Hall–Kier alpha value is -1.84. The molecule has 0 atom stereocenters. The molecule has 1 N–H and O–H groups in total. The van der Waals surface area contributed by atoms with Crippen LogP contribution in [0.1, 0.15) is 19.4 Å². The first kappa shape index (κ1) is 11.6. The minimum atomic E-state index is -1.38. The zero-order valence-electron chi connectivity index (χ0n) is 9.93. The molecule has 4 heteroatoms. The SMILES string of the molecule is CC(C)(C(=O)O)C(=O)N1CCc2ccccc21. The van der Waals surface area contributed by atoms with Gasteiger partial charge in [-0.3, -0.25) is 9.59 Å². The van der Waals surface area contributed by atoms with Crippen LogP contribution in [-0.2, 0) is 16.0 Å². The molecule has 0 spiro atoms. The van der Waals surface area contributed by atoms with Gasteiger partial charge in [-0.25, -0.2) is 0 Å². The second kappa shape index (κ2) is 3.87. The molecular formula is C13H15NO3. The first-order valence-electron chi connectivity index (χ1n) is 5.58. The lowest BCUT2D eigenvalue weighted by Crippen LogP contribution is -2.44. The Morgan fingerprint density at radius 2 is 1.94 bits per heavy atom. The summed E-state index contributed by atoms with van der Waals surface area (Å²) in [7, 11) is 0. The second-order valence-electron chi connectivity index (χ2n) is 4.77. The Morgan fingerprint density at radius 3 is 2.59 bits per heavy atom. The predicted octanol–water partition coefficient (Wildman–Crippen LogP) is 1.69. The number of para-hydroxylation sites is 1. The lowest BCUT2D eigenvalue weighted by Gasteiger charge is -2.26. The predicted molar refractivity (Wildman–Crippen MR) is 63.9 cm³/mol. The number of carbonyl (C=O) groups is 2. The number of carbonyl (C=O) groups excluding carboxylic acids is 1. The van der Waals surface area contributed by atoms with Gasteiger partial charge in [0.05, 0.1) is 0 Å². The monoisotopic (exact) mass is 233 g/mol. The van der Waals surface area contributed by atoms with Crippen LogP contribution in [0.15, 0.2) is 24.3 Å². The van der Waals surface area contributed by atoms with E-state index in [2.05, 4.69) is 0 Å². The molecule has 0 aromatic heterocycles. The van der Waals surface area contributed by atoms with Gasteiger partial charge in [0.25, 0.3) is 0 Å². The van der Waals surface area contributed by atoms with Crippen molar-refractivity contribution in [2.45, 2.75) is 20.3 Å². The van der Waals surface area contributed by atoms with E-state index >= 15 is 0 Å². The zero-order chi connectivity index (χ0) is 12.6. The van der Waals surface area contributed by atoms with Crippen LogP contribution in [0, 0.1) is 5.41 Å². The van der Waals surface area contributed by atoms with Gasteiger partial charge >= 0.3 is 5.97 Å². The normalized spacial score (nSPS) is 14.6. The van der Waals surface area contributed by atoms with Crippen LogP contribution in [0.3, 0.4) is 0 Å². The maximum Gasteiger partial charge on any atom is 0.318 e. The third-order valence-corrected chi connectivity index (χ3v) is 3.20. The van der Waals surface area contributed by atoms with Crippen molar-refractivity contribution >= 4 is 17.6 Å². The molecule has 2 rings (SSSR count). The van der Waals surface area contributed by atoms with Gasteiger partial charge in [-0.2, -0.15) is 0 Å². The number of hydrogen-bond acceptors (Lipinski definition) is 2. The van der Waals surface area contributed by atoms with E-state index in [9.17, 15) is 9.59 Å². The van der Waals surface area contributed by atoms with Crippen molar-refractivity contribution in [3.8, 4) is 0 Å². The summed E-state index contributed by atoms with van der Waals surface area (Å²) in [6, 6.07) is 7.61. The van der Waals surface area contributed by atoms with Crippen molar-refractivity contribution in [2.75, 3.05) is 11.4 Å². The van der Waals surface area contributed by atoms with E-state index in [0.717, 1.165) is 17.7 Å². The van der Waals surface area contributed by atoms with Crippen LogP contribution in [-0.4, -0.2) is 23.5 Å². The number of aliphatic carboxylic acids is 1. The van der Waals surface area contributed by atoms with Crippen LogP contribution in [0.25, 0.3) is 0 Å². The third kappa shape index (κ3) is 1.79. The standard InChI is InChI=1S/C13H15NO3/c1-13(2,12(16)17)11(15)14-8-7-9-5-3-4-6-10(9)14/h3-6H,7-8H2,1-2H3,(H,16,17). The number of fused-ring (bicyclic) bond motifs is 1. The third-order valence-electron chi connectivity index (χ3n) is 3.20. The number of hydrogen-bond donors (Lipinski definition) is 1. The fourth-order valence-electron chi connectivity index (χ4n) is 1.98. The zero-order valence-corrected chi connectivity index (χ0v) is 9.93. The molecule has 1 aliphatic heterocycles. The number of amides is 1. The van der Waals surface area contributed by atoms with Crippen molar-refractivity contribution in [2.24, 2.45) is 5.41 Å². The summed E-state index contributed by atoms with van der Waals surface area (Å²) in [5, 5.41) is 9.07. The lowest BCUT2D eigenvalue weighted by molar-refractivity contribution is -0.152. The average Bonchev–Trinajstić information content (AvgIpc) is 2.71. The second-order valence-corrected chi connectivity index (χ2v) is 4.77. The molecule has 1 heterocycles. The summed E-state index contributed by atoms with van der Waals surface area (Å²) < 4.78 is 0. The van der Waals surface area contributed by atoms with Crippen LogP contribution in [0.4, 0.5) is 5.69 Å². The summed E-state index contributed by atoms with van der Waals surface area (Å²) in [6.45, 7) is 3.45. The molecule has 0 fully saturated rings. The van der Waals surface area contributed by atoms with Crippen LogP contribution < -0.4 is 4.90 Å². The quantitative estimate of drug-likeness (QED) is 0.791. The molecule has 0 radical (unpaired) electrons. The first-order chi connectivity index (χ1) is 7.94. The summed E-state index contributed by atoms with van der Waals surface area (Å²) in [5.74, 6) is -1.44. The molecule has 0 unspecified atom stereocenters. The molecule has 0 saturated carbocycles. The Balaban J connectivity index is 2.33. The van der Waals surface area contributed by atoms with Gasteiger partial charge < -0.3 is 10.0 Å². The molecular weight excluding hydrogens is 218 g/mol. The van der Waals surface area contributed by atoms with Crippen molar-refractivity contribution in [1.29, 1.82) is 0 Å². The van der Waals surface area contributed by atoms with E-state index in [0.29, 0.717) is 6.54 Å². The fourth-order valence-corrected chi connectivity index (χ4v) is 1.98. The molecule has 90 valence electrons. The number of carboxylic acid groups (broad SMARTS) is 1. The summed E-state index contributed by atoms with van der Waals surface area (Å²) in [5.41, 5.74) is 0.561. The van der Waals surface area contributed by atoms with Gasteiger partial charge in [-0.05, 0) is 31.9 Å². The summed E-state index contributed by atoms with van der Waals surface area (Å²) >= 11 is 0. The molecule has 4 nitrogen and oxygen atoms in total. The van der Waals surface area contributed by atoms with Crippen molar-refractivity contribution in [3.63, 3.8) is 0 Å². The molecule has 0 saturated heterocycles.